The number of aryl methyl sites for hydroxylation is 2. The molecule has 226 valence electrons. The van der Waals surface area contributed by atoms with E-state index in [4.69, 9.17) is 4.55 Å². The molecule has 13 heteroatoms. The predicted octanol–water partition coefficient (Wildman–Crippen LogP) is 4.58. The number of nitrogens with zero attached hydrogens (tertiary/aromatic N) is 5. The number of rotatable bonds is 5. The van der Waals surface area contributed by atoms with Crippen LogP contribution < -0.4 is 9.99 Å². The third-order valence-corrected chi connectivity index (χ3v) is 9.24. The van der Waals surface area contributed by atoms with E-state index >= 15 is 0 Å². The lowest BCUT2D eigenvalue weighted by atomic mass is 10.0. The second-order valence-corrected chi connectivity index (χ2v) is 13.6. The maximum Gasteiger partial charge on any atom is 0.333 e. The molecule has 3 heterocycles. The Hall–Kier alpha value is -4.85. The predicted molar refractivity (Wildman–Crippen MR) is 171 cm³/mol. The third-order valence-electron chi connectivity index (χ3n) is 7.17. The van der Waals surface area contributed by atoms with E-state index in [1.54, 1.807) is 71.2 Å². The van der Waals surface area contributed by atoms with Crippen molar-refractivity contribution in [2.45, 2.75) is 11.8 Å². The Labute approximate surface area is 254 Å². The minimum Gasteiger partial charge on any atom is -0.293 e. The number of imidazole rings is 1. The van der Waals surface area contributed by atoms with E-state index in [9.17, 15) is 21.6 Å². The summed E-state index contributed by atoms with van der Waals surface area (Å²) >= 11 is 0. The van der Waals surface area contributed by atoms with Crippen molar-refractivity contribution < 1.29 is 21.4 Å². The van der Waals surface area contributed by atoms with Gasteiger partial charge in [0.15, 0.2) is 0 Å². The molecule has 0 radical (unpaired) electrons. The summed E-state index contributed by atoms with van der Waals surface area (Å²) in [5, 5.41) is 0.837. The minimum atomic E-state index is -4.02. The van der Waals surface area contributed by atoms with E-state index < -0.39 is 20.1 Å². The van der Waals surface area contributed by atoms with Gasteiger partial charge in [0, 0.05) is 37.4 Å². The molecule has 0 aliphatic rings. The van der Waals surface area contributed by atoms with Crippen LogP contribution in [0.1, 0.15) is 5.56 Å². The first-order chi connectivity index (χ1) is 20.8. The number of pyridine rings is 2. The van der Waals surface area contributed by atoms with Crippen LogP contribution in [0.25, 0.3) is 38.8 Å². The number of aromatic nitrogens is 4. The van der Waals surface area contributed by atoms with Gasteiger partial charge in [-0.05, 0) is 67.1 Å². The van der Waals surface area contributed by atoms with Crippen LogP contribution in [0.5, 0.6) is 0 Å². The Morgan fingerprint density at radius 2 is 1.55 bits per heavy atom. The first-order valence-electron chi connectivity index (χ1n) is 13.2. The van der Waals surface area contributed by atoms with Crippen molar-refractivity contribution >= 4 is 47.8 Å². The number of hydrogen-bond acceptors (Lipinski definition) is 7. The van der Waals surface area contributed by atoms with Gasteiger partial charge in [0.25, 0.3) is 10.1 Å². The smallest absolute Gasteiger partial charge is 0.293 e. The van der Waals surface area contributed by atoms with E-state index in [1.165, 1.54) is 23.5 Å². The Morgan fingerprint density at radius 3 is 2.14 bits per heavy atom. The molecule has 1 N–H and O–H groups in total. The second-order valence-electron chi connectivity index (χ2n) is 10.2. The van der Waals surface area contributed by atoms with Crippen molar-refractivity contribution in [1.29, 1.82) is 0 Å². The van der Waals surface area contributed by atoms with Crippen LogP contribution in [-0.4, -0.2) is 53.8 Å². The molecule has 0 saturated carbocycles. The first kappa shape index (κ1) is 30.6. The molecule has 0 atom stereocenters. The van der Waals surface area contributed by atoms with Gasteiger partial charge < -0.3 is 0 Å². The van der Waals surface area contributed by atoms with Gasteiger partial charge >= 0.3 is 5.69 Å². The average Bonchev–Trinajstić information content (AvgIpc) is 3.26. The van der Waals surface area contributed by atoms with Crippen LogP contribution in [0.4, 0.5) is 5.69 Å². The molecule has 0 bridgehead atoms. The summed E-state index contributed by atoms with van der Waals surface area (Å²) in [5.74, 6) is 0. The molecule has 0 aliphatic heterocycles. The Kier molecular flexibility index (Phi) is 8.12. The van der Waals surface area contributed by atoms with E-state index in [2.05, 4.69) is 9.97 Å². The van der Waals surface area contributed by atoms with Gasteiger partial charge in [-0.3, -0.25) is 28.0 Å². The monoisotopic (exact) mass is 631 g/mol. The molecule has 3 aromatic carbocycles. The molecule has 0 fully saturated rings. The van der Waals surface area contributed by atoms with Crippen molar-refractivity contribution in [1.82, 2.24) is 19.1 Å². The zero-order chi connectivity index (χ0) is 31.8. The van der Waals surface area contributed by atoms with Crippen molar-refractivity contribution in [3.05, 3.63) is 114 Å². The maximum atomic E-state index is 13.2. The molecule has 6 rings (SSSR count). The Balaban J connectivity index is 0.000000296. The summed E-state index contributed by atoms with van der Waals surface area (Å²) in [4.78, 5) is 21.9. The fraction of sp³-hybridized carbons (Fsp3) is 0.129. The lowest BCUT2D eigenvalue weighted by Gasteiger charge is -2.17. The Bertz CT molecular complexity index is 2260. The molecular formula is C31H29N5O6S2. The van der Waals surface area contributed by atoms with Gasteiger partial charge in [0.05, 0.1) is 45.3 Å². The van der Waals surface area contributed by atoms with Gasteiger partial charge in [-0.15, -0.1) is 0 Å². The van der Waals surface area contributed by atoms with Crippen LogP contribution in [0, 0.1) is 6.92 Å². The standard InChI is InChI=1S/C24H21N5O3S.C7H8O3S/c1-27-22-15-26-21-11-6-16(17-5-4-12-25-14-17)13-20(21)23(22)29(24(27)30)19-9-7-18(8-10-19)28(2)33(3,31)32;1-6-2-4-7(5-3-6)11(8,9)10/h4-15H,1-3H3;2-5H,1H3,(H,8,9,10). The molecule has 6 aromatic rings. The topological polar surface area (TPSA) is 144 Å². The normalized spacial score (nSPS) is 11.8. The highest BCUT2D eigenvalue weighted by Crippen LogP contribution is 2.30. The fourth-order valence-electron chi connectivity index (χ4n) is 4.66. The summed E-state index contributed by atoms with van der Waals surface area (Å²) < 4.78 is 57.7. The molecule has 0 saturated heterocycles. The maximum absolute atomic E-state index is 13.2. The van der Waals surface area contributed by atoms with Gasteiger partial charge in [0.1, 0.15) is 0 Å². The molecule has 0 spiro atoms. The van der Waals surface area contributed by atoms with E-state index in [1.807, 2.05) is 37.3 Å². The molecule has 0 aliphatic carbocycles. The largest absolute Gasteiger partial charge is 0.333 e. The first-order valence-corrected chi connectivity index (χ1v) is 16.5. The highest BCUT2D eigenvalue weighted by Gasteiger charge is 2.18. The summed E-state index contributed by atoms with van der Waals surface area (Å²) in [6.07, 6.45) is 6.37. The van der Waals surface area contributed by atoms with Crippen molar-refractivity contribution in [2.24, 2.45) is 7.05 Å². The summed E-state index contributed by atoms with van der Waals surface area (Å²) in [6.45, 7) is 1.84. The van der Waals surface area contributed by atoms with Crippen LogP contribution >= 0.6 is 0 Å². The summed E-state index contributed by atoms with van der Waals surface area (Å²) in [7, 11) is -4.20. The SMILES string of the molecule is CN(c1ccc(-n2c(=O)n(C)c3cnc4ccc(-c5cccnc5)cc4c32)cc1)S(C)(=O)=O.Cc1ccc(S(=O)(=O)O)cc1. The van der Waals surface area contributed by atoms with Crippen molar-refractivity contribution in [3.63, 3.8) is 0 Å². The molecule has 11 nitrogen and oxygen atoms in total. The van der Waals surface area contributed by atoms with Gasteiger partial charge in [-0.1, -0.05) is 29.8 Å². The molecule has 44 heavy (non-hydrogen) atoms. The fourth-order valence-corrected chi connectivity index (χ4v) is 5.65. The van der Waals surface area contributed by atoms with E-state index in [-0.39, 0.29) is 10.6 Å². The zero-order valence-corrected chi connectivity index (χ0v) is 25.9. The van der Waals surface area contributed by atoms with Gasteiger partial charge in [0.2, 0.25) is 10.0 Å². The zero-order valence-electron chi connectivity index (χ0n) is 24.3. The third kappa shape index (κ3) is 6.11. The summed E-state index contributed by atoms with van der Waals surface area (Å²) in [6, 6.07) is 22.7. The average molecular weight is 632 g/mol. The number of anilines is 1. The lowest BCUT2D eigenvalue weighted by molar-refractivity contribution is 0.483. The second kappa shape index (κ2) is 11.7. The van der Waals surface area contributed by atoms with Crippen molar-refractivity contribution in [2.75, 3.05) is 17.6 Å². The van der Waals surface area contributed by atoms with E-state index in [0.29, 0.717) is 16.9 Å². The number of fused-ring (bicyclic) bond motifs is 3. The van der Waals surface area contributed by atoms with Crippen LogP contribution in [0.3, 0.4) is 0 Å². The number of sulfonamides is 1. The summed E-state index contributed by atoms with van der Waals surface area (Å²) in [5.41, 5.74) is 6.04. The highest BCUT2D eigenvalue weighted by molar-refractivity contribution is 7.92. The highest BCUT2D eigenvalue weighted by atomic mass is 32.2. The molecule has 0 amide bonds. The quantitative estimate of drug-likeness (QED) is 0.272. The minimum absolute atomic E-state index is 0.0666. The van der Waals surface area contributed by atoms with Crippen LogP contribution in [0.15, 0.2) is 107 Å². The van der Waals surface area contributed by atoms with Crippen molar-refractivity contribution in [3.8, 4) is 16.8 Å². The van der Waals surface area contributed by atoms with Crippen LogP contribution in [0.2, 0.25) is 0 Å². The van der Waals surface area contributed by atoms with Gasteiger partial charge in [-0.25, -0.2) is 13.2 Å². The molecule has 0 unspecified atom stereocenters. The Morgan fingerprint density at radius 1 is 0.864 bits per heavy atom. The number of hydrogen-bond donors (Lipinski definition) is 1. The number of benzene rings is 3. The van der Waals surface area contributed by atoms with E-state index in [0.717, 1.165) is 39.4 Å². The van der Waals surface area contributed by atoms with Gasteiger partial charge in [-0.2, -0.15) is 8.42 Å². The van der Waals surface area contributed by atoms with Crippen LogP contribution in [-0.2, 0) is 27.2 Å². The lowest BCUT2D eigenvalue weighted by Crippen LogP contribution is -2.25. The molecule has 3 aromatic heterocycles. The molecular weight excluding hydrogens is 603 g/mol.